The maximum atomic E-state index is 12.6. The van der Waals surface area contributed by atoms with Crippen molar-refractivity contribution in [2.24, 2.45) is 0 Å². The zero-order chi connectivity index (χ0) is 23.0. The van der Waals surface area contributed by atoms with Crippen molar-refractivity contribution in [3.8, 4) is 0 Å². The Balaban J connectivity index is 1.56. The van der Waals surface area contributed by atoms with Crippen LogP contribution in [-0.4, -0.2) is 53.1 Å². The molecule has 2 heterocycles. The summed E-state index contributed by atoms with van der Waals surface area (Å²) in [5, 5.41) is 13.1. The number of hydrogen-bond acceptors (Lipinski definition) is 6. The number of thioether (sulfide) groups is 1. The molecule has 0 fully saturated rings. The average molecular weight is 490 g/mol. The second kappa shape index (κ2) is 8.70. The fourth-order valence-corrected chi connectivity index (χ4v) is 5.10. The molecule has 4 aromatic rings. The molecule has 0 saturated carbocycles. The molecule has 4 rings (SSSR count). The van der Waals surface area contributed by atoms with Crippen molar-refractivity contribution in [2.45, 2.75) is 17.0 Å². The molecule has 8 nitrogen and oxygen atoms in total. The number of hydrogen-bond donors (Lipinski definition) is 1. The number of carbonyl (C=O) groups excluding carboxylic acids is 1. The number of nitrogens with one attached hydrogen (secondary N) is 1. The van der Waals surface area contributed by atoms with Gasteiger partial charge in [0.2, 0.25) is 15.9 Å². The van der Waals surface area contributed by atoms with Crippen LogP contribution in [0.5, 0.6) is 0 Å². The van der Waals surface area contributed by atoms with E-state index in [9.17, 15) is 13.2 Å². The molecule has 2 aromatic heterocycles. The lowest BCUT2D eigenvalue weighted by Gasteiger charge is -2.13. The number of aryl methyl sites for hydroxylation is 1. The normalized spacial score (nSPS) is 12.0. The summed E-state index contributed by atoms with van der Waals surface area (Å²) < 4.78 is 27.7. The molecule has 0 saturated heterocycles. The van der Waals surface area contributed by atoms with E-state index in [1.54, 1.807) is 0 Å². The maximum Gasteiger partial charge on any atom is 0.242 e. The Labute approximate surface area is 194 Å². The SMILES string of the molecule is Cc1cc2nnc(SCC(=O)Nc3cc(S(=O)(=O)N(C)C)ccc3Cl)n2c2ccccc12. The maximum absolute atomic E-state index is 12.6. The highest BCUT2D eigenvalue weighted by Crippen LogP contribution is 2.28. The van der Waals surface area contributed by atoms with Gasteiger partial charge in [0.05, 0.1) is 26.9 Å². The van der Waals surface area contributed by atoms with E-state index in [0.29, 0.717) is 10.8 Å². The number of pyridine rings is 1. The molecule has 0 aliphatic rings. The number of benzene rings is 2. The number of carbonyl (C=O) groups is 1. The van der Waals surface area contributed by atoms with Gasteiger partial charge in [-0.05, 0) is 42.8 Å². The Morgan fingerprint density at radius 3 is 2.66 bits per heavy atom. The van der Waals surface area contributed by atoms with Crippen LogP contribution in [0.2, 0.25) is 5.02 Å². The standard InChI is InChI=1S/C21H20ClN5O3S2/c1-13-10-19-24-25-21(27(19)18-7-5-4-6-15(13)18)31-12-20(28)23-17-11-14(8-9-16(17)22)32(29,30)26(2)3/h4-11H,12H2,1-3H3,(H,23,28). The molecule has 0 unspecified atom stereocenters. The minimum Gasteiger partial charge on any atom is -0.324 e. The molecule has 0 bridgehead atoms. The molecule has 1 amide bonds. The van der Waals surface area contributed by atoms with Gasteiger partial charge in [0.25, 0.3) is 0 Å². The number of rotatable bonds is 6. The first-order chi connectivity index (χ1) is 15.2. The number of aromatic nitrogens is 3. The van der Waals surface area contributed by atoms with E-state index in [-0.39, 0.29) is 27.3 Å². The van der Waals surface area contributed by atoms with E-state index >= 15 is 0 Å². The topological polar surface area (TPSA) is 96.7 Å². The molecule has 0 spiro atoms. The third kappa shape index (κ3) is 4.18. The quantitative estimate of drug-likeness (QED) is 0.413. The summed E-state index contributed by atoms with van der Waals surface area (Å²) in [5.74, 6) is -0.297. The molecular weight excluding hydrogens is 470 g/mol. The summed E-state index contributed by atoms with van der Waals surface area (Å²) in [5.41, 5.74) is 2.98. The number of amides is 1. The van der Waals surface area contributed by atoms with Crippen molar-refractivity contribution in [3.05, 3.63) is 59.1 Å². The van der Waals surface area contributed by atoms with Gasteiger partial charge in [-0.25, -0.2) is 12.7 Å². The molecule has 0 aliphatic carbocycles. The van der Waals surface area contributed by atoms with E-state index < -0.39 is 10.0 Å². The van der Waals surface area contributed by atoms with E-state index in [1.807, 2.05) is 41.7 Å². The molecular formula is C21H20ClN5O3S2. The van der Waals surface area contributed by atoms with Gasteiger partial charge in [-0.2, -0.15) is 0 Å². The minimum absolute atomic E-state index is 0.0418. The number of fused-ring (bicyclic) bond motifs is 3. The predicted molar refractivity (Wildman–Crippen MR) is 127 cm³/mol. The lowest BCUT2D eigenvalue weighted by molar-refractivity contribution is -0.113. The van der Waals surface area contributed by atoms with Crippen LogP contribution in [0.25, 0.3) is 16.6 Å². The van der Waals surface area contributed by atoms with Crippen LogP contribution in [0.3, 0.4) is 0 Å². The Bertz CT molecular complexity index is 1450. The largest absolute Gasteiger partial charge is 0.324 e. The molecule has 32 heavy (non-hydrogen) atoms. The minimum atomic E-state index is -3.65. The van der Waals surface area contributed by atoms with E-state index in [4.69, 9.17) is 11.6 Å². The van der Waals surface area contributed by atoms with E-state index in [0.717, 1.165) is 20.8 Å². The highest BCUT2D eigenvalue weighted by Gasteiger charge is 2.19. The first-order valence-electron chi connectivity index (χ1n) is 9.56. The third-order valence-corrected chi connectivity index (χ3v) is 7.97. The highest BCUT2D eigenvalue weighted by atomic mass is 35.5. The van der Waals surface area contributed by atoms with Crippen LogP contribution in [0.15, 0.2) is 58.6 Å². The van der Waals surface area contributed by atoms with Gasteiger partial charge in [0.1, 0.15) is 0 Å². The molecule has 0 radical (unpaired) electrons. The second-order valence-corrected chi connectivity index (χ2v) is 10.8. The average Bonchev–Trinajstić information content (AvgIpc) is 3.16. The van der Waals surface area contributed by atoms with Gasteiger partial charge in [-0.1, -0.05) is 41.6 Å². The fraction of sp³-hybridized carbons (Fsp3) is 0.190. The van der Waals surface area contributed by atoms with Crippen molar-refractivity contribution in [3.63, 3.8) is 0 Å². The van der Waals surface area contributed by atoms with Crippen molar-refractivity contribution in [2.75, 3.05) is 25.2 Å². The highest BCUT2D eigenvalue weighted by molar-refractivity contribution is 7.99. The zero-order valence-electron chi connectivity index (χ0n) is 17.5. The van der Waals surface area contributed by atoms with Gasteiger partial charge in [0.15, 0.2) is 10.8 Å². The summed E-state index contributed by atoms with van der Waals surface area (Å²) in [6.07, 6.45) is 0. The Morgan fingerprint density at radius 2 is 1.91 bits per heavy atom. The Morgan fingerprint density at radius 1 is 1.16 bits per heavy atom. The predicted octanol–water partition coefficient (Wildman–Crippen LogP) is 3.83. The number of anilines is 1. The summed E-state index contributed by atoms with van der Waals surface area (Å²) in [6.45, 7) is 2.02. The molecule has 11 heteroatoms. The van der Waals surface area contributed by atoms with Crippen LogP contribution in [0.4, 0.5) is 5.69 Å². The summed E-state index contributed by atoms with van der Waals surface area (Å²) in [7, 11) is -0.777. The molecule has 0 aliphatic heterocycles. The third-order valence-electron chi connectivity index (χ3n) is 4.90. The van der Waals surface area contributed by atoms with Crippen LogP contribution < -0.4 is 5.32 Å². The summed E-state index contributed by atoms with van der Waals surface area (Å²) in [4.78, 5) is 12.6. The van der Waals surface area contributed by atoms with Crippen LogP contribution in [-0.2, 0) is 14.8 Å². The van der Waals surface area contributed by atoms with Gasteiger partial charge < -0.3 is 5.32 Å². The fourth-order valence-electron chi connectivity index (χ4n) is 3.26. The lowest BCUT2D eigenvalue weighted by atomic mass is 10.1. The summed E-state index contributed by atoms with van der Waals surface area (Å²) in [6, 6.07) is 14.1. The summed E-state index contributed by atoms with van der Waals surface area (Å²) >= 11 is 7.40. The first kappa shape index (κ1) is 22.5. The Hall–Kier alpha value is -2.66. The number of halogens is 1. The molecule has 1 N–H and O–H groups in total. The molecule has 166 valence electrons. The van der Waals surface area contributed by atoms with Gasteiger partial charge in [0, 0.05) is 19.5 Å². The first-order valence-corrected chi connectivity index (χ1v) is 12.4. The Kier molecular flexibility index (Phi) is 6.13. The second-order valence-electron chi connectivity index (χ2n) is 7.29. The van der Waals surface area contributed by atoms with E-state index in [2.05, 4.69) is 15.5 Å². The van der Waals surface area contributed by atoms with Crippen LogP contribution in [0, 0.1) is 6.92 Å². The van der Waals surface area contributed by atoms with Crippen LogP contribution in [0.1, 0.15) is 5.56 Å². The van der Waals surface area contributed by atoms with Gasteiger partial charge in [-0.15, -0.1) is 10.2 Å². The van der Waals surface area contributed by atoms with Gasteiger partial charge in [-0.3, -0.25) is 9.20 Å². The number of sulfonamides is 1. The monoisotopic (exact) mass is 489 g/mol. The van der Waals surface area contributed by atoms with Crippen molar-refractivity contribution < 1.29 is 13.2 Å². The number of para-hydroxylation sites is 1. The molecule has 2 aromatic carbocycles. The zero-order valence-corrected chi connectivity index (χ0v) is 19.9. The lowest BCUT2D eigenvalue weighted by Crippen LogP contribution is -2.22. The van der Waals surface area contributed by atoms with Crippen molar-refractivity contribution in [1.29, 1.82) is 0 Å². The number of nitrogens with zero attached hydrogens (tertiary/aromatic N) is 4. The van der Waals surface area contributed by atoms with Gasteiger partial charge >= 0.3 is 0 Å². The molecule has 0 atom stereocenters. The smallest absolute Gasteiger partial charge is 0.242 e. The van der Waals surface area contributed by atoms with Crippen LogP contribution >= 0.6 is 23.4 Å². The van der Waals surface area contributed by atoms with Crippen molar-refractivity contribution >= 4 is 61.5 Å². The van der Waals surface area contributed by atoms with E-state index in [1.165, 1.54) is 44.1 Å². The van der Waals surface area contributed by atoms with Crippen molar-refractivity contribution in [1.82, 2.24) is 18.9 Å².